The number of ether oxygens (including phenoxy) is 1. The summed E-state index contributed by atoms with van der Waals surface area (Å²) < 4.78 is 20.2. The Hall–Kier alpha value is -3.75. The van der Waals surface area contributed by atoms with E-state index in [0.717, 1.165) is 36.2 Å². The van der Waals surface area contributed by atoms with E-state index in [0.29, 0.717) is 11.3 Å². The molecule has 1 aromatic heterocycles. The lowest BCUT2D eigenvalue weighted by Crippen LogP contribution is -2.33. The highest BCUT2D eigenvalue weighted by Gasteiger charge is 2.32. The summed E-state index contributed by atoms with van der Waals surface area (Å²) in [6.07, 6.45) is 1.67. The number of rotatable bonds is 8. The van der Waals surface area contributed by atoms with Crippen molar-refractivity contribution in [2.75, 3.05) is 18.0 Å². The third kappa shape index (κ3) is 5.36. The summed E-state index contributed by atoms with van der Waals surface area (Å²) in [5, 5.41) is 13.4. The molecule has 0 spiro atoms. The van der Waals surface area contributed by atoms with E-state index in [1.807, 2.05) is 31.2 Å². The minimum absolute atomic E-state index is 0.198. The fraction of sp³-hybridized carbons (Fsp3) is 0.333. The van der Waals surface area contributed by atoms with Crippen LogP contribution >= 0.6 is 0 Å². The van der Waals surface area contributed by atoms with E-state index in [2.05, 4.69) is 20.7 Å². The topological polar surface area (TPSA) is 100 Å². The van der Waals surface area contributed by atoms with Gasteiger partial charge in [-0.2, -0.15) is 15.4 Å². The largest absolute Gasteiger partial charge is 0.442 e. The molecule has 1 fully saturated rings. The van der Waals surface area contributed by atoms with Gasteiger partial charge < -0.3 is 10.1 Å². The standard InChI is InChI=1S/C24H26FN5O3/c1-15-23(28-29-27-15)5-3-4-17-6-8-18(9-7-17)21-11-10-19(12-22(21)25)30-14-20(33-24(30)32)13-26-16(2)31/h6-12,20H,3-5,13-14H2,1-2H3,(H,26,31)(H,27,28,29)/t20-/m0/s1. The Balaban J connectivity index is 1.38. The number of halogens is 1. The first-order valence-electron chi connectivity index (χ1n) is 10.9. The lowest BCUT2D eigenvalue weighted by molar-refractivity contribution is -0.119. The molecule has 0 radical (unpaired) electrons. The van der Waals surface area contributed by atoms with E-state index < -0.39 is 18.0 Å². The maximum Gasteiger partial charge on any atom is 0.414 e. The number of amides is 2. The van der Waals surface area contributed by atoms with Crippen molar-refractivity contribution in [2.45, 2.75) is 39.2 Å². The number of carbonyl (C=O) groups is 2. The number of H-pyrrole nitrogens is 1. The molecule has 2 heterocycles. The van der Waals surface area contributed by atoms with Crippen molar-refractivity contribution >= 4 is 17.7 Å². The van der Waals surface area contributed by atoms with Gasteiger partial charge in [0, 0.05) is 12.5 Å². The normalized spacial score (nSPS) is 15.5. The lowest BCUT2D eigenvalue weighted by Gasteiger charge is -2.14. The van der Waals surface area contributed by atoms with Gasteiger partial charge in [-0.3, -0.25) is 9.69 Å². The van der Waals surface area contributed by atoms with Gasteiger partial charge in [0.25, 0.3) is 0 Å². The fourth-order valence-electron chi connectivity index (χ4n) is 3.86. The van der Waals surface area contributed by atoms with Crippen LogP contribution in [-0.4, -0.2) is 46.6 Å². The summed E-state index contributed by atoms with van der Waals surface area (Å²) in [6.45, 7) is 3.81. The molecule has 172 valence electrons. The Bertz CT molecular complexity index is 1150. The van der Waals surface area contributed by atoms with E-state index in [9.17, 15) is 14.0 Å². The maximum atomic E-state index is 14.9. The van der Waals surface area contributed by atoms with Crippen molar-refractivity contribution < 1.29 is 18.7 Å². The second-order valence-electron chi connectivity index (χ2n) is 8.12. The zero-order chi connectivity index (χ0) is 23.4. The van der Waals surface area contributed by atoms with Crippen LogP contribution in [0.4, 0.5) is 14.9 Å². The smallest absolute Gasteiger partial charge is 0.414 e. The molecule has 0 bridgehead atoms. The molecule has 2 N–H and O–H groups in total. The number of hydrogen-bond donors (Lipinski definition) is 2. The van der Waals surface area contributed by atoms with E-state index in [-0.39, 0.29) is 19.0 Å². The molecule has 2 amide bonds. The number of aromatic amines is 1. The van der Waals surface area contributed by atoms with Gasteiger partial charge in [-0.05, 0) is 55.5 Å². The molecule has 1 saturated heterocycles. The minimum atomic E-state index is -0.553. The SMILES string of the molecule is CC(=O)NC[C@H]1CN(c2ccc(-c3ccc(CCCc4n[nH]nc4C)cc3)c(F)c2)C(=O)O1. The number of anilines is 1. The second kappa shape index (κ2) is 9.81. The molecule has 0 unspecified atom stereocenters. The van der Waals surface area contributed by atoms with Crippen LogP contribution in [0.3, 0.4) is 0 Å². The summed E-state index contributed by atoms with van der Waals surface area (Å²) >= 11 is 0. The molecule has 8 nitrogen and oxygen atoms in total. The average molecular weight is 452 g/mol. The Morgan fingerprint density at radius 1 is 1.21 bits per heavy atom. The van der Waals surface area contributed by atoms with E-state index in [4.69, 9.17) is 4.74 Å². The summed E-state index contributed by atoms with van der Waals surface area (Å²) in [5.74, 6) is -0.615. The van der Waals surface area contributed by atoms with Crippen LogP contribution in [-0.2, 0) is 22.4 Å². The van der Waals surface area contributed by atoms with Crippen molar-refractivity contribution in [2.24, 2.45) is 0 Å². The Kier molecular flexibility index (Phi) is 6.67. The number of hydrogen-bond acceptors (Lipinski definition) is 5. The van der Waals surface area contributed by atoms with Crippen LogP contribution in [0.15, 0.2) is 42.5 Å². The van der Waals surface area contributed by atoms with Gasteiger partial charge in [-0.1, -0.05) is 24.3 Å². The Labute approximate surface area is 191 Å². The molecule has 33 heavy (non-hydrogen) atoms. The number of benzene rings is 2. The number of aryl methyl sites for hydroxylation is 3. The van der Waals surface area contributed by atoms with Crippen LogP contribution < -0.4 is 10.2 Å². The maximum absolute atomic E-state index is 14.9. The van der Waals surface area contributed by atoms with Crippen LogP contribution in [0.25, 0.3) is 11.1 Å². The molecule has 1 aliphatic heterocycles. The van der Waals surface area contributed by atoms with Crippen molar-refractivity contribution in [3.05, 3.63) is 65.2 Å². The second-order valence-corrected chi connectivity index (χ2v) is 8.12. The van der Waals surface area contributed by atoms with E-state index in [1.165, 1.54) is 23.5 Å². The summed E-state index contributed by atoms with van der Waals surface area (Å²) in [4.78, 5) is 24.6. The van der Waals surface area contributed by atoms with Gasteiger partial charge in [0.15, 0.2) is 0 Å². The highest BCUT2D eigenvalue weighted by atomic mass is 19.1. The van der Waals surface area contributed by atoms with Gasteiger partial charge in [-0.15, -0.1) is 0 Å². The van der Waals surface area contributed by atoms with Crippen molar-refractivity contribution in [1.82, 2.24) is 20.7 Å². The van der Waals surface area contributed by atoms with E-state index in [1.54, 1.807) is 12.1 Å². The zero-order valence-electron chi connectivity index (χ0n) is 18.6. The van der Waals surface area contributed by atoms with Gasteiger partial charge in [0.1, 0.15) is 11.9 Å². The van der Waals surface area contributed by atoms with Gasteiger partial charge in [-0.25, -0.2) is 9.18 Å². The van der Waals surface area contributed by atoms with Crippen LogP contribution in [0, 0.1) is 12.7 Å². The monoisotopic (exact) mass is 451 g/mol. The Morgan fingerprint density at radius 2 is 2.00 bits per heavy atom. The first kappa shape index (κ1) is 22.4. The molecule has 4 rings (SSSR count). The summed E-state index contributed by atoms with van der Waals surface area (Å²) in [6, 6.07) is 12.5. The Morgan fingerprint density at radius 3 is 2.67 bits per heavy atom. The quantitative estimate of drug-likeness (QED) is 0.546. The number of cyclic esters (lactones) is 1. The molecule has 9 heteroatoms. The van der Waals surface area contributed by atoms with Crippen molar-refractivity contribution in [3.63, 3.8) is 0 Å². The molecular weight excluding hydrogens is 425 g/mol. The molecule has 0 aliphatic carbocycles. The van der Waals surface area contributed by atoms with E-state index >= 15 is 0 Å². The van der Waals surface area contributed by atoms with Crippen molar-refractivity contribution in [1.29, 1.82) is 0 Å². The third-order valence-electron chi connectivity index (χ3n) is 5.68. The number of nitrogens with zero attached hydrogens (tertiary/aromatic N) is 3. The highest BCUT2D eigenvalue weighted by molar-refractivity contribution is 5.90. The van der Waals surface area contributed by atoms with Crippen molar-refractivity contribution in [3.8, 4) is 11.1 Å². The number of carbonyl (C=O) groups excluding carboxylic acids is 2. The molecule has 1 aliphatic rings. The molecular formula is C24H26FN5O3. The van der Waals surface area contributed by atoms with Gasteiger partial charge in [0.2, 0.25) is 5.91 Å². The number of nitrogens with one attached hydrogen (secondary N) is 2. The minimum Gasteiger partial charge on any atom is -0.442 e. The van der Waals surface area contributed by atoms with Gasteiger partial charge in [0.05, 0.1) is 30.2 Å². The number of aromatic nitrogens is 3. The first-order valence-corrected chi connectivity index (χ1v) is 10.9. The first-order chi connectivity index (χ1) is 15.9. The predicted octanol–water partition coefficient (Wildman–Crippen LogP) is 3.56. The highest BCUT2D eigenvalue weighted by Crippen LogP contribution is 2.29. The average Bonchev–Trinajstić information content (AvgIpc) is 3.38. The summed E-state index contributed by atoms with van der Waals surface area (Å²) in [7, 11) is 0. The summed E-state index contributed by atoms with van der Waals surface area (Å²) in [5.41, 5.74) is 4.73. The van der Waals surface area contributed by atoms with Gasteiger partial charge >= 0.3 is 6.09 Å². The third-order valence-corrected chi connectivity index (χ3v) is 5.68. The fourth-order valence-corrected chi connectivity index (χ4v) is 3.86. The van der Waals surface area contributed by atoms with Crippen LogP contribution in [0.2, 0.25) is 0 Å². The molecule has 1 atom stereocenters. The van der Waals surface area contributed by atoms with Crippen LogP contribution in [0.5, 0.6) is 0 Å². The van der Waals surface area contributed by atoms with Crippen LogP contribution in [0.1, 0.15) is 30.3 Å². The lowest BCUT2D eigenvalue weighted by atomic mass is 10.0. The molecule has 0 saturated carbocycles. The zero-order valence-corrected chi connectivity index (χ0v) is 18.6. The molecule has 3 aromatic rings. The predicted molar refractivity (Wildman–Crippen MR) is 121 cm³/mol. The molecule has 2 aromatic carbocycles.